The Labute approximate surface area is 94.7 Å². The highest BCUT2D eigenvalue weighted by Gasteiger charge is 2.18. The third kappa shape index (κ3) is 2.75. The lowest BCUT2D eigenvalue weighted by Gasteiger charge is -2.01. The molecule has 1 heterocycles. The lowest BCUT2D eigenvalue weighted by molar-refractivity contribution is 0.315. The van der Waals surface area contributed by atoms with Crippen LogP contribution in [0, 0.1) is 0 Å². The first-order valence-corrected chi connectivity index (χ1v) is 6.54. The van der Waals surface area contributed by atoms with Gasteiger partial charge in [0.2, 0.25) is 5.90 Å². The minimum atomic E-state index is 0.354. The van der Waals surface area contributed by atoms with Crippen LogP contribution in [-0.2, 0) is 4.74 Å². The monoisotopic (exact) mass is 221 g/mol. The third-order valence-electron chi connectivity index (χ3n) is 2.39. The Morgan fingerprint density at radius 3 is 2.93 bits per heavy atom. The predicted molar refractivity (Wildman–Crippen MR) is 65.7 cm³/mol. The van der Waals surface area contributed by atoms with Gasteiger partial charge in [-0.05, 0) is 30.6 Å². The largest absolute Gasteiger partial charge is 0.475 e. The lowest BCUT2D eigenvalue weighted by Crippen LogP contribution is -2.07. The summed E-state index contributed by atoms with van der Waals surface area (Å²) in [7, 11) is 0. The van der Waals surface area contributed by atoms with Gasteiger partial charge in [0, 0.05) is 5.56 Å². The van der Waals surface area contributed by atoms with Crippen LogP contribution in [0.15, 0.2) is 35.3 Å². The van der Waals surface area contributed by atoms with Crippen molar-refractivity contribution in [3.8, 4) is 0 Å². The Bertz CT molecular complexity index is 337. The van der Waals surface area contributed by atoms with Crippen molar-refractivity contribution in [1.29, 1.82) is 0 Å². The predicted octanol–water partition coefficient (Wildman–Crippen LogP) is 2.59. The number of ether oxygens (including phenoxy) is 1. The van der Waals surface area contributed by atoms with Crippen LogP contribution >= 0.6 is 11.8 Å². The van der Waals surface area contributed by atoms with E-state index in [0.717, 1.165) is 30.2 Å². The van der Waals surface area contributed by atoms with Crippen molar-refractivity contribution >= 4 is 17.7 Å². The van der Waals surface area contributed by atoms with Crippen molar-refractivity contribution in [2.45, 2.75) is 12.5 Å². The van der Waals surface area contributed by atoms with Gasteiger partial charge >= 0.3 is 0 Å². The fraction of sp³-hybridized carbons (Fsp3) is 0.417. The highest BCUT2D eigenvalue weighted by Crippen LogP contribution is 2.15. The van der Waals surface area contributed by atoms with Crippen LogP contribution in [0.4, 0.5) is 0 Å². The molecule has 0 bridgehead atoms. The van der Waals surface area contributed by atoms with Gasteiger partial charge in [-0.15, -0.1) is 0 Å². The molecule has 2 nitrogen and oxygen atoms in total. The molecule has 0 aliphatic carbocycles. The molecule has 0 spiro atoms. The molecular weight excluding hydrogens is 206 g/mol. The second-order valence-corrected chi connectivity index (χ2v) is 4.53. The first-order valence-electron chi connectivity index (χ1n) is 5.15. The summed E-state index contributed by atoms with van der Waals surface area (Å²) in [6.07, 6.45) is 3.23. The smallest absolute Gasteiger partial charge is 0.216 e. The molecule has 80 valence electrons. The van der Waals surface area contributed by atoms with Gasteiger partial charge in [0.15, 0.2) is 0 Å². The van der Waals surface area contributed by atoms with Crippen LogP contribution in [0.2, 0.25) is 0 Å². The molecule has 1 aliphatic heterocycles. The third-order valence-corrected chi connectivity index (χ3v) is 3.03. The molecule has 1 aliphatic rings. The van der Waals surface area contributed by atoms with E-state index in [-0.39, 0.29) is 0 Å². The standard InChI is InChI=1S/C12H15NOS/c1-15-8-7-11-9-14-12(13-11)10-5-3-2-4-6-10/h2-6,11H,7-9H2,1H3/t11-/m1/s1. The van der Waals surface area contributed by atoms with E-state index in [0.29, 0.717) is 6.04 Å². The zero-order chi connectivity index (χ0) is 10.5. The molecular formula is C12H15NOS. The average molecular weight is 221 g/mol. The summed E-state index contributed by atoms with van der Waals surface area (Å²) in [5, 5.41) is 0. The SMILES string of the molecule is CSCC[C@@H]1COC(c2ccccc2)=N1. The summed E-state index contributed by atoms with van der Waals surface area (Å²) < 4.78 is 5.59. The van der Waals surface area contributed by atoms with Gasteiger partial charge in [-0.25, -0.2) is 4.99 Å². The number of hydrogen-bond acceptors (Lipinski definition) is 3. The van der Waals surface area contributed by atoms with Crippen molar-refractivity contribution in [3.63, 3.8) is 0 Å². The first kappa shape index (κ1) is 10.6. The number of aliphatic imine (C=N–C) groups is 1. The second kappa shape index (κ2) is 5.21. The van der Waals surface area contributed by atoms with E-state index in [2.05, 4.69) is 11.2 Å². The Kier molecular flexibility index (Phi) is 3.67. The van der Waals surface area contributed by atoms with Crippen molar-refractivity contribution in [1.82, 2.24) is 0 Å². The average Bonchev–Trinajstić information content (AvgIpc) is 2.76. The summed E-state index contributed by atoms with van der Waals surface area (Å²) in [4.78, 5) is 4.58. The zero-order valence-corrected chi connectivity index (χ0v) is 9.67. The summed E-state index contributed by atoms with van der Waals surface area (Å²) >= 11 is 1.86. The quantitative estimate of drug-likeness (QED) is 0.779. The van der Waals surface area contributed by atoms with Gasteiger partial charge < -0.3 is 4.74 Å². The minimum Gasteiger partial charge on any atom is -0.475 e. The molecule has 0 saturated heterocycles. The molecule has 1 atom stereocenters. The molecule has 15 heavy (non-hydrogen) atoms. The molecule has 3 heteroatoms. The van der Waals surface area contributed by atoms with E-state index >= 15 is 0 Å². The molecule has 1 aromatic rings. The maximum atomic E-state index is 5.59. The van der Waals surface area contributed by atoms with Gasteiger partial charge in [0.1, 0.15) is 6.61 Å². The van der Waals surface area contributed by atoms with E-state index in [9.17, 15) is 0 Å². The van der Waals surface area contributed by atoms with Crippen LogP contribution in [-0.4, -0.2) is 30.6 Å². The van der Waals surface area contributed by atoms with E-state index in [4.69, 9.17) is 4.74 Å². The van der Waals surface area contributed by atoms with E-state index in [1.54, 1.807) is 0 Å². The van der Waals surface area contributed by atoms with E-state index < -0.39 is 0 Å². The van der Waals surface area contributed by atoms with Gasteiger partial charge in [0.25, 0.3) is 0 Å². The summed E-state index contributed by atoms with van der Waals surface area (Å²) in [5.41, 5.74) is 1.09. The maximum absolute atomic E-state index is 5.59. The number of thioether (sulfide) groups is 1. The molecule has 0 aromatic heterocycles. The Balaban J connectivity index is 2.00. The van der Waals surface area contributed by atoms with Crippen LogP contribution in [0.5, 0.6) is 0 Å². The molecule has 0 radical (unpaired) electrons. The van der Waals surface area contributed by atoms with Crippen LogP contribution < -0.4 is 0 Å². The van der Waals surface area contributed by atoms with Crippen molar-refractivity contribution in [2.75, 3.05) is 18.6 Å². The van der Waals surface area contributed by atoms with Crippen molar-refractivity contribution in [2.24, 2.45) is 4.99 Å². The molecule has 1 aromatic carbocycles. The first-order chi connectivity index (χ1) is 7.40. The number of benzene rings is 1. The van der Waals surface area contributed by atoms with Gasteiger partial charge in [0.05, 0.1) is 6.04 Å². The van der Waals surface area contributed by atoms with E-state index in [1.165, 1.54) is 0 Å². The fourth-order valence-corrected chi connectivity index (χ4v) is 2.06. The summed E-state index contributed by atoms with van der Waals surface area (Å²) in [6.45, 7) is 0.741. The maximum Gasteiger partial charge on any atom is 0.216 e. The zero-order valence-electron chi connectivity index (χ0n) is 8.85. The molecule has 0 N–H and O–H groups in total. The molecule has 0 unspecified atom stereocenters. The molecule has 0 saturated carbocycles. The minimum absolute atomic E-state index is 0.354. The molecule has 2 rings (SSSR count). The highest BCUT2D eigenvalue weighted by molar-refractivity contribution is 7.98. The van der Waals surface area contributed by atoms with E-state index in [1.807, 2.05) is 42.1 Å². The Morgan fingerprint density at radius 2 is 2.20 bits per heavy atom. The lowest BCUT2D eigenvalue weighted by atomic mass is 10.2. The summed E-state index contributed by atoms with van der Waals surface area (Å²) in [5.74, 6) is 1.96. The van der Waals surface area contributed by atoms with Crippen molar-refractivity contribution < 1.29 is 4.74 Å². The normalized spacial score (nSPS) is 19.8. The van der Waals surface area contributed by atoms with Crippen LogP contribution in [0.25, 0.3) is 0 Å². The topological polar surface area (TPSA) is 21.6 Å². The second-order valence-electron chi connectivity index (χ2n) is 3.55. The van der Waals surface area contributed by atoms with Crippen LogP contribution in [0.1, 0.15) is 12.0 Å². The Hall–Kier alpha value is -0.960. The van der Waals surface area contributed by atoms with Gasteiger partial charge in [-0.1, -0.05) is 18.2 Å². The molecule has 0 amide bonds. The Morgan fingerprint density at radius 1 is 1.40 bits per heavy atom. The molecule has 0 fully saturated rings. The van der Waals surface area contributed by atoms with Gasteiger partial charge in [-0.3, -0.25) is 0 Å². The number of nitrogens with zero attached hydrogens (tertiary/aromatic N) is 1. The highest BCUT2D eigenvalue weighted by atomic mass is 32.2. The fourth-order valence-electron chi connectivity index (χ4n) is 1.56. The summed E-state index contributed by atoms with van der Waals surface area (Å²) in [6, 6.07) is 10.5. The van der Waals surface area contributed by atoms with Crippen LogP contribution in [0.3, 0.4) is 0 Å². The van der Waals surface area contributed by atoms with Crippen molar-refractivity contribution in [3.05, 3.63) is 35.9 Å². The number of rotatable bonds is 4. The van der Waals surface area contributed by atoms with Gasteiger partial charge in [-0.2, -0.15) is 11.8 Å². The number of hydrogen-bond donors (Lipinski definition) is 0.